The molecule has 0 aliphatic carbocycles. The van der Waals surface area contributed by atoms with Crippen LogP contribution in [-0.2, 0) is 17.8 Å². The van der Waals surface area contributed by atoms with Crippen LogP contribution in [-0.4, -0.2) is 28.9 Å². The van der Waals surface area contributed by atoms with Gasteiger partial charge in [-0.1, -0.05) is 113 Å². The van der Waals surface area contributed by atoms with Gasteiger partial charge in [0.2, 0.25) is 0 Å². The molecule has 0 radical (unpaired) electrons. The van der Waals surface area contributed by atoms with Crippen LogP contribution in [0.1, 0.15) is 82.8 Å². The second-order valence-electron chi connectivity index (χ2n) is 8.76. The van der Waals surface area contributed by atoms with Gasteiger partial charge in [-0.25, -0.2) is 0 Å². The summed E-state index contributed by atoms with van der Waals surface area (Å²) in [6, 6.07) is 21.1. The molecule has 0 spiro atoms. The van der Waals surface area contributed by atoms with Crippen LogP contribution in [0.5, 0.6) is 0 Å². The number of aliphatic hydroxyl groups excluding tert-OH is 1. The number of hydrogen-bond donors (Lipinski definition) is 1. The minimum atomic E-state index is -0.391. The fourth-order valence-electron chi connectivity index (χ4n) is 3.97. The summed E-state index contributed by atoms with van der Waals surface area (Å²) in [5, 5.41) is 10.1. The minimum Gasteiger partial charge on any atom is -0.393 e. The van der Waals surface area contributed by atoms with Crippen molar-refractivity contribution in [3.05, 3.63) is 71.8 Å². The summed E-state index contributed by atoms with van der Waals surface area (Å²) in [7, 11) is 0. The second kappa shape index (κ2) is 16.0. The Morgan fingerprint density at radius 3 is 1.71 bits per heavy atom. The van der Waals surface area contributed by atoms with E-state index in [1.165, 1.54) is 56.1 Å². The first kappa shape index (κ1) is 25.6. The van der Waals surface area contributed by atoms with Crippen molar-refractivity contribution in [2.75, 3.05) is 6.61 Å². The van der Waals surface area contributed by atoms with E-state index in [9.17, 15) is 5.11 Å². The highest BCUT2D eigenvalue weighted by atomic mass is 16.5. The lowest BCUT2D eigenvalue weighted by atomic mass is 10.1. The number of rotatable bonds is 17. The fraction of sp³-hybridized carbons (Fsp3) is 0.571. The van der Waals surface area contributed by atoms with Crippen molar-refractivity contribution in [2.24, 2.45) is 0 Å². The van der Waals surface area contributed by atoms with Crippen LogP contribution < -0.4 is 0 Å². The Balaban J connectivity index is 1.91. The van der Waals surface area contributed by atoms with E-state index in [0.717, 1.165) is 26.1 Å². The normalized spacial score (nSPS) is 13.4. The standard InChI is InChI=1S/C28H43NO2/c1-3-4-5-6-7-8-9-16-21-31-28(22-25(2)30)29(23-26-17-12-10-13-18-26)24-27-19-14-11-15-20-27/h10-15,17-20,25,28,30H,3-9,16,21-24H2,1-2H3. The summed E-state index contributed by atoms with van der Waals surface area (Å²) in [4.78, 5) is 2.36. The molecule has 0 bridgehead atoms. The number of nitrogens with zero attached hydrogens (tertiary/aromatic N) is 1. The smallest absolute Gasteiger partial charge is 0.113 e. The zero-order valence-corrected chi connectivity index (χ0v) is 19.7. The Kier molecular flexibility index (Phi) is 13.2. The first-order chi connectivity index (χ1) is 15.2. The van der Waals surface area contributed by atoms with Gasteiger partial charge < -0.3 is 9.84 Å². The molecule has 3 nitrogen and oxygen atoms in total. The molecule has 0 heterocycles. The molecular formula is C28H43NO2. The molecule has 0 aromatic heterocycles. The molecule has 0 saturated heterocycles. The van der Waals surface area contributed by atoms with Crippen molar-refractivity contribution >= 4 is 0 Å². The molecule has 0 aliphatic rings. The molecule has 2 aromatic carbocycles. The first-order valence-corrected chi connectivity index (χ1v) is 12.3. The highest BCUT2D eigenvalue weighted by Gasteiger charge is 2.21. The van der Waals surface area contributed by atoms with E-state index < -0.39 is 6.10 Å². The van der Waals surface area contributed by atoms with Gasteiger partial charge in [0.05, 0.1) is 6.10 Å². The monoisotopic (exact) mass is 425 g/mol. The van der Waals surface area contributed by atoms with Gasteiger partial charge in [-0.15, -0.1) is 0 Å². The molecule has 0 saturated carbocycles. The van der Waals surface area contributed by atoms with Gasteiger partial charge in [-0.2, -0.15) is 0 Å². The summed E-state index contributed by atoms with van der Waals surface area (Å²) < 4.78 is 6.37. The van der Waals surface area contributed by atoms with E-state index >= 15 is 0 Å². The van der Waals surface area contributed by atoms with E-state index in [0.29, 0.717) is 6.42 Å². The number of hydrogen-bond acceptors (Lipinski definition) is 3. The molecule has 2 atom stereocenters. The predicted octanol–water partition coefficient (Wildman–Crippen LogP) is 6.94. The summed E-state index contributed by atoms with van der Waals surface area (Å²) in [5.41, 5.74) is 2.54. The van der Waals surface area contributed by atoms with E-state index in [1.54, 1.807) is 0 Å². The molecule has 31 heavy (non-hydrogen) atoms. The van der Waals surface area contributed by atoms with Crippen molar-refractivity contribution in [3.8, 4) is 0 Å². The van der Waals surface area contributed by atoms with Gasteiger partial charge in [0.25, 0.3) is 0 Å². The summed E-state index contributed by atoms with van der Waals surface area (Å²) in [6.45, 7) is 6.50. The third-order valence-electron chi connectivity index (χ3n) is 5.72. The van der Waals surface area contributed by atoms with Crippen molar-refractivity contribution in [1.29, 1.82) is 0 Å². The number of aliphatic hydroxyl groups is 1. The van der Waals surface area contributed by atoms with Crippen LogP contribution in [0.4, 0.5) is 0 Å². The van der Waals surface area contributed by atoms with E-state index in [-0.39, 0.29) is 6.23 Å². The average Bonchev–Trinajstić information content (AvgIpc) is 2.78. The van der Waals surface area contributed by atoms with Gasteiger partial charge in [-0.05, 0) is 24.5 Å². The first-order valence-electron chi connectivity index (χ1n) is 12.3. The largest absolute Gasteiger partial charge is 0.393 e. The summed E-state index contributed by atoms with van der Waals surface area (Å²) >= 11 is 0. The molecule has 2 rings (SSSR count). The van der Waals surface area contributed by atoms with Crippen molar-refractivity contribution < 1.29 is 9.84 Å². The number of unbranched alkanes of at least 4 members (excludes halogenated alkanes) is 7. The number of benzene rings is 2. The lowest BCUT2D eigenvalue weighted by Gasteiger charge is -2.33. The fourth-order valence-corrected chi connectivity index (χ4v) is 3.97. The van der Waals surface area contributed by atoms with Crippen LogP contribution in [0.25, 0.3) is 0 Å². The molecule has 3 heteroatoms. The maximum absolute atomic E-state index is 10.1. The highest BCUT2D eigenvalue weighted by molar-refractivity contribution is 5.17. The summed E-state index contributed by atoms with van der Waals surface area (Å²) in [6.07, 6.45) is 10.5. The molecule has 2 unspecified atom stereocenters. The van der Waals surface area contributed by atoms with E-state index in [4.69, 9.17) is 4.74 Å². The topological polar surface area (TPSA) is 32.7 Å². The minimum absolute atomic E-state index is 0.0926. The third kappa shape index (κ3) is 11.5. The van der Waals surface area contributed by atoms with Crippen molar-refractivity contribution in [3.63, 3.8) is 0 Å². The zero-order valence-electron chi connectivity index (χ0n) is 19.7. The Bertz CT molecular complexity index is 618. The quantitative estimate of drug-likeness (QED) is 0.220. The van der Waals surface area contributed by atoms with Crippen LogP contribution in [0.3, 0.4) is 0 Å². The lowest BCUT2D eigenvalue weighted by Crippen LogP contribution is -2.39. The molecular weight excluding hydrogens is 382 g/mol. The van der Waals surface area contributed by atoms with Gasteiger partial charge in [-0.3, -0.25) is 4.90 Å². The Hall–Kier alpha value is -1.68. The Labute approximate surface area is 190 Å². The molecule has 0 fully saturated rings. The predicted molar refractivity (Wildman–Crippen MR) is 131 cm³/mol. The van der Waals surface area contributed by atoms with Crippen LogP contribution in [0, 0.1) is 0 Å². The maximum Gasteiger partial charge on any atom is 0.113 e. The maximum atomic E-state index is 10.1. The Morgan fingerprint density at radius 1 is 0.742 bits per heavy atom. The Morgan fingerprint density at radius 2 is 1.23 bits per heavy atom. The highest BCUT2D eigenvalue weighted by Crippen LogP contribution is 2.19. The van der Waals surface area contributed by atoms with Crippen molar-refractivity contribution in [1.82, 2.24) is 4.90 Å². The van der Waals surface area contributed by atoms with E-state index in [1.807, 2.05) is 6.92 Å². The molecule has 172 valence electrons. The van der Waals surface area contributed by atoms with Crippen LogP contribution >= 0.6 is 0 Å². The van der Waals surface area contributed by atoms with E-state index in [2.05, 4.69) is 72.5 Å². The summed E-state index contributed by atoms with van der Waals surface area (Å²) in [5.74, 6) is 0. The van der Waals surface area contributed by atoms with Gasteiger partial charge in [0.1, 0.15) is 6.23 Å². The average molecular weight is 426 g/mol. The molecule has 0 aliphatic heterocycles. The van der Waals surface area contributed by atoms with Gasteiger partial charge >= 0.3 is 0 Å². The lowest BCUT2D eigenvalue weighted by molar-refractivity contribution is -0.0896. The molecule has 2 aromatic rings. The van der Waals surface area contributed by atoms with Gasteiger partial charge in [0.15, 0.2) is 0 Å². The second-order valence-corrected chi connectivity index (χ2v) is 8.76. The molecule has 0 amide bonds. The van der Waals surface area contributed by atoms with Crippen LogP contribution in [0.2, 0.25) is 0 Å². The van der Waals surface area contributed by atoms with Crippen LogP contribution in [0.15, 0.2) is 60.7 Å². The number of ether oxygens (including phenoxy) is 1. The van der Waals surface area contributed by atoms with Gasteiger partial charge in [0, 0.05) is 26.1 Å². The third-order valence-corrected chi connectivity index (χ3v) is 5.72. The molecule has 1 N–H and O–H groups in total. The van der Waals surface area contributed by atoms with Crippen molar-refractivity contribution in [2.45, 2.75) is 97.1 Å². The zero-order chi connectivity index (χ0) is 22.2. The SMILES string of the molecule is CCCCCCCCCCOC(CC(C)O)N(Cc1ccccc1)Cc1ccccc1.